The monoisotopic (exact) mass is 623 g/mol. The van der Waals surface area contributed by atoms with Gasteiger partial charge in [-0.3, -0.25) is 19.5 Å². The Labute approximate surface area is 268 Å². The maximum Gasteiger partial charge on any atom is 0.166 e. The van der Waals surface area contributed by atoms with Crippen molar-refractivity contribution in [1.82, 2.24) is 9.88 Å². The van der Waals surface area contributed by atoms with Gasteiger partial charge in [-0.15, -0.1) is 0 Å². The second-order valence-corrected chi connectivity index (χ2v) is 12.7. The molecular weight excluding hydrogens is 585 g/mol. The van der Waals surface area contributed by atoms with Crippen LogP contribution < -0.4 is 14.4 Å². The summed E-state index contributed by atoms with van der Waals surface area (Å²) < 4.78 is 32.7. The Kier molecular flexibility index (Phi) is 8.21. The molecule has 0 radical (unpaired) electrons. The van der Waals surface area contributed by atoms with Gasteiger partial charge in [0.1, 0.15) is 11.5 Å². The van der Waals surface area contributed by atoms with Crippen molar-refractivity contribution >= 4 is 28.2 Å². The van der Waals surface area contributed by atoms with Gasteiger partial charge in [0.15, 0.2) is 23.1 Å². The Morgan fingerprint density at radius 3 is 2.28 bits per heavy atom. The van der Waals surface area contributed by atoms with E-state index in [1.807, 2.05) is 43.3 Å². The predicted octanol–water partition coefficient (Wildman–Crippen LogP) is 5.71. The van der Waals surface area contributed by atoms with Gasteiger partial charge in [-0.2, -0.15) is 0 Å². The minimum Gasteiger partial charge on any atom is -0.495 e. The van der Waals surface area contributed by atoms with Crippen LogP contribution in [0.2, 0.25) is 0 Å². The molecule has 0 unspecified atom stereocenters. The number of pyridine rings is 1. The molecule has 9 heteroatoms. The van der Waals surface area contributed by atoms with Crippen molar-refractivity contribution in [2.24, 2.45) is 5.41 Å². The molecule has 4 aromatic rings. The van der Waals surface area contributed by atoms with Crippen LogP contribution >= 0.6 is 0 Å². The van der Waals surface area contributed by atoms with E-state index < -0.39 is 11.2 Å². The molecule has 1 saturated carbocycles. The molecule has 1 aliphatic carbocycles. The summed E-state index contributed by atoms with van der Waals surface area (Å²) in [5, 5.41) is 0.703. The van der Waals surface area contributed by atoms with Crippen LogP contribution in [0.15, 0.2) is 66.9 Å². The molecule has 3 aliphatic rings. The third-order valence-corrected chi connectivity index (χ3v) is 9.65. The van der Waals surface area contributed by atoms with Gasteiger partial charge in [0.2, 0.25) is 0 Å². The Morgan fingerprint density at radius 1 is 0.913 bits per heavy atom. The van der Waals surface area contributed by atoms with Gasteiger partial charge >= 0.3 is 0 Å². The molecule has 0 atom stereocenters. The number of hydrogen-bond donors (Lipinski definition) is 0. The summed E-state index contributed by atoms with van der Waals surface area (Å²) >= 11 is 0. The van der Waals surface area contributed by atoms with Gasteiger partial charge in [0.25, 0.3) is 0 Å². The highest BCUT2D eigenvalue weighted by Crippen LogP contribution is 2.49. The van der Waals surface area contributed by atoms with Crippen molar-refractivity contribution in [3.63, 3.8) is 0 Å². The molecule has 8 nitrogen and oxygen atoms in total. The van der Waals surface area contributed by atoms with Gasteiger partial charge in [0, 0.05) is 56.6 Å². The fourth-order valence-electron chi connectivity index (χ4n) is 6.57. The van der Waals surface area contributed by atoms with E-state index in [1.54, 1.807) is 25.4 Å². The van der Waals surface area contributed by atoms with Gasteiger partial charge in [-0.05, 0) is 61.2 Å². The quantitative estimate of drug-likeness (QED) is 0.197. The number of aryl methyl sites for hydroxylation is 1. The van der Waals surface area contributed by atoms with E-state index in [4.69, 9.17) is 14.2 Å². The van der Waals surface area contributed by atoms with Gasteiger partial charge in [0.05, 0.1) is 36.9 Å². The maximum absolute atomic E-state index is 15.4. The molecule has 3 heterocycles. The summed E-state index contributed by atoms with van der Waals surface area (Å²) in [4.78, 5) is 35.7. The molecule has 0 bridgehead atoms. The summed E-state index contributed by atoms with van der Waals surface area (Å²) in [6.07, 6.45) is 2.97. The predicted molar refractivity (Wildman–Crippen MR) is 173 cm³/mol. The molecule has 0 spiro atoms. The Balaban J connectivity index is 1.03. The fraction of sp³-hybridized carbons (Fsp3) is 0.378. The molecule has 3 aromatic carbocycles. The molecule has 0 N–H and O–H groups in total. The average molecular weight is 624 g/mol. The third-order valence-electron chi connectivity index (χ3n) is 9.65. The Morgan fingerprint density at radius 2 is 1.61 bits per heavy atom. The lowest BCUT2D eigenvalue weighted by Crippen LogP contribution is -2.61. The smallest absolute Gasteiger partial charge is 0.166 e. The van der Waals surface area contributed by atoms with Crippen LogP contribution in [-0.4, -0.2) is 74.0 Å². The topological polar surface area (TPSA) is 81.2 Å². The van der Waals surface area contributed by atoms with Crippen LogP contribution in [-0.2, 0) is 27.2 Å². The van der Waals surface area contributed by atoms with Crippen LogP contribution in [0.5, 0.6) is 17.2 Å². The third kappa shape index (κ3) is 5.97. The Bertz CT molecular complexity index is 1780. The highest BCUT2D eigenvalue weighted by atomic mass is 19.1. The van der Waals surface area contributed by atoms with Crippen LogP contribution in [0, 0.1) is 18.2 Å². The van der Waals surface area contributed by atoms with Crippen molar-refractivity contribution in [3.05, 3.63) is 89.4 Å². The number of halogens is 1. The number of carbonyl (C=O) groups excluding carboxylic acids is 2. The number of methoxy groups -OCH3 is 1. The molecular formula is C37H38FN3O5. The molecule has 7 rings (SSSR count). The van der Waals surface area contributed by atoms with E-state index in [1.165, 1.54) is 12.1 Å². The van der Waals surface area contributed by atoms with Gasteiger partial charge in [-0.1, -0.05) is 35.9 Å². The molecule has 1 aromatic heterocycles. The van der Waals surface area contributed by atoms with Gasteiger partial charge in [-0.25, -0.2) is 4.39 Å². The van der Waals surface area contributed by atoms with Crippen LogP contribution in [0.4, 0.5) is 10.1 Å². The maximum atomic E-state index is 15.4. The van der Waals surface area contributed by atoms with Crippen LogP contribution in [0.1, 0.15) is 29.5 Å². The zero-order chi connectivity index (χ0) is 31.8. The number of fused-ring (bicyclic) bond motifs is 1. The number of ether oxygens (including phenoxy) is 3. The summed E-state index contributed by atoms with van der Waals surface area (Å²) in [5.74, 6) is 0.399. The van der Waals surface area contributed by atoms with Crippen molar-refractivity contribution in [2.75, 3.05) is 51.4 Å². The van der Waals surface area contributed by atoms with E-state index in [9.17, 15) is 9.59 Å². The first-order chi connectivity index (χ1) is 22.3. The number of benzene rings is 3. The number of carbonyl (C=O) groups is 2. The van der Waals surface area contributed by atoms with E-state index in [0.29, 0.717) is 41.3 Å². The molecule has 46 heavy (non-hydrogen) atoms. The summed E-state index contributed by atoms with van der Waals surface area (Å²) in [6, 6.07) is 18.4. The number of Topliss-reactive ketones (excluding diaryl/α,β-unsaturated/α-hetero) is 2. The van der Waals surface area contributed by atoms with Crippen molar-refractivity contribution in [1.29, 1.82) is 0 Å². The zero-order valence-electron chi connectivity index (χ0n) is 26.3. The first-order valence-corrected chi connectivity index (χ1v) is 15.9. The van der Waals surface area contributed by atoms with E-state index in [0.717, 1.165) is 61.7 Å². The van der Waals surface area contributed by atoms with Crippen LogP contribution in [0.25, 0.3) is 10.9 Å². The minimum absolute atomic E-state index is 0.00209. The minimum atomic E-state index is -0.954. The first-order valence-electron chi connectivity index (χ1n) is 15.9. The highest BCUT2D eigenvalue weighted by Gasteiger charge is 2.54. The zero-order valence-corrected chi connectivity index (χ0v) is 26.3. The number of rotatable bonds is 11. The summed E-state index contributed by atoms with van der Waals surface area (Å²) in [7, 11) is 1.64. The number of nitrogens with zero attached hydrogens (tertiary/aromatic N) is 3. The molecule has 238 valence electrons. The average Bonchev–Trinajstić information content (AvgIpc) is 3.86. The number of anilines is 1. The molecule has 0 amide bonds. The lowest BCUT2D eigenvalue weighted by atomic mass is 9.87. The van der Waals surface area contributed by atoms with Gasteiger partial charge < -0.3 is 19.1 Å². The molecule has 3 fully saturated rings. The summed E-state index contributed by atoms with van der Waals surface area (Å²) in [5.41, 5.74) is 3.27. The number of hydrogen-bond acceptors (Lipinski definition) is 8. The fourth-order valence-corrected chi connectivity index (χ4v) is 6.57. The SMILES string of the molecule is COc1cc2c(Oc3ccc(CC(=O)C4(C(=O)Cc5ccc(C)cc5)CC4)cc3F)ccnc2cc1N1CC(N2CCOCC2)C1. The second-order valence-electron chi connectivity index (χ2n) is 12.7. The first kappa shape index (κ1) is 30.3. The van der Waals surface area contributed by atoms with E-state index in [2.05, 4.69) is 14.8 Å². The molecule has 2 saturated heterocycles. The van der Waals surface area contributed by atoms with E-state index in [-0.39, 0.29) is 30.2 Å². The Hall–Kier alpha value is -4.34. The number of ketones is 2. The van der Waals surface area contributed by atoms with Crippen LogP contribution in [0.3, 0.4) is 0 Å². The number of aromatic nitrogens is 1. The van der Waals surface area contributed by atoms with Crippen molar-refractivity contribution < 1.29 is 28.2 Å². The standard InChI is InChI=1S/C37H38FN3O5/c1-24-3-5-25(6-4-24)18-35(42)37(10-11-37)36(43)19-26-7-8-33(29(38)17-26)46-32-9-12-39-30-21-31(34(44-2)20-28(30)32)41-22-27(23-41)40-13-15-45-16-14-40/h3-9,12,17,20-21,27H,10-11,13-16,18-19,22-23H2,1-2H3. The lowest BCUT2D eigenvalue weighted by Gasteiger charge is -2.48. The normalized spacial score (nSPS) is 17.8. The number of morpholine rings is 1. The van der Waals surface area contributed by atoms with Crippen molar-refractivity contribution in [2.45, 2.75) is 38.6 Å². The largest absolute Gasteiger partial charge is 0.495 e. The van der Waals surface area contributed by atoms with Crippen molar-refractivity contribution in [3.8, 4) is 17.2 Å². The lowest BCUT2D eigenvalue weighted by molar-refractivity contribution is -0.133. The molecule has 2 aliphatic heterocycles. The summed E-state index contributed by atoms with van der Waals surface area (Å²) in [6.45, 7) is 7.27. The second kappa shape index (κ2) is 12.5. The highest BCUT2D eigenvalue weighted by molar-refractivity contribution is 6.11. The van der Waals surface area contributed by atoms with E-state index >= 15 is 4.39 Å².